The van der Waals surface area contributed by atoms with Crippen LogP contribution in [0, 0.1) is 5.82 Å². The van der Waals surface area contributed by atoms with Gasteiger partial charge in [-0.05, 0) is 60.2 Å². The molecule has 1 aliphatic heterocycles. The predicted octanol–water partition coefficient (Wildman–Crippen LogP) is 5.19. The number of H-pyrrole nitrogens is 1. The van der Waals surface area contributed by atoms with E-state index < -0.39 is 9.84 Å². The van der Waals surface area contributed by atoms with Gasteiger partial charge in [0.25, 0.3) is 0 Å². The summed E-state index contributed by atoms with van der Waals surface area (Å²) in [4.78, 5) is 13.9. The van der Waals surface area contributed by atoms with E-state index in [0.717, 1.165) is 71.0 Å². The molecular formula is C29H29FN6O2S. The van der Waals surface area contributed by atoms with Gasteiger partial charge in [0.15, 0.2) is 9.84 Å². The third kappa shape index (κ3) is 5.20. The molecular weight excluding hydrogens is 515 g/mol. The van der Waals surface area contributed by atoms with Crippen molar-refractivity contribution < 1.29 is 12.8 Å². The van der Waals surface area contributed by atoms with Crippen LogP contribution in [0.4, 0.5) is 15.9 Å². The molecule has 10 heteroatoms. The number of nitrogens with one attached hydrogen (secondary N) is 1. The van der Waals surface area contributed by atoms with Gasteiger partial charge in [-0.25, -0.2) is 22.8 Å². The molecule has 5 aromatic rings. The lowest BCUT2D eigenvalue weighted by molar-refractivity contribution is 0.601. The molecule has 0 saturated carbocycles. The van der Waals surface area contributed by atoms with Crippen LogP contribution in [0.2, 0.25) is 0 Å². The van der Waals surface area contributed by atoms with Crippen molar-refractivity contribution in [3.63, 3.8) is 0 Å². The number of halogens is 1. The average molecular weight is 545 g/mol. The minimum atomic E-state index is -3.27. The molecule has 3 aromatic carbocycles. The minimum Gasteiger partial charge on any atom is -0.368 e. The van der Waals surface area contributed by atoms with E-state index in [1.165, 1.54) is 18.4 Å². The van der Waals surface area contributed by atoms with Gasteiger partial charge < -0.3 is 9.80 Å². The second kappa shape index (κ2) is 10.5. The highest BCUT2D eigenvalue weighted by Gasteiger charge is 2.22. The Labute approximate surface area is 227 Å². The molecule has 0 bridgehead atoms. The van der Waals surface area contributed by atoms with Crippen molar-refractivity contribution in [2.24, 2.45) is 0 Å². The molecule has 200 valence electrons. The Balaban J connectivity index is 0.00000308. The maximum absolute atomic E-state index is 13.5. The van der Waals surface area contributed by atoms with Gasteiger partial charge in [0.2, 0.25) is 0 Å². The van der Waals surface area contributed by atoms with Gasteiger partial charge in [-0.15, -0.1) is 0 Å². The van der Waals surface area contributed by atoms with Crippen molar-refractivity contribution in [1.29, 1.82) is 0 Å². The number of aromatic amines is 1. The molecule has 3 heterocycles. The fraction of sp³-hybridized carbons (Fsp3) is 0.207. The van der Waals surface area contributed by atoms with E-state index in [4.69, 9.17) is 0 Å². The van der Waals surface area contributed by atoms with E-state index in [1.54, 1.807) is 42.9 Å². The molecule has 0 aliphatic carbocycles. The summed E-state index contributed by atoms with van der Waals surface area (Å²) in [6.45, 7) is 2.92. The third-order valence-electron chi connectivity index (χ3n) is 6.89. The fourth-order valence-corrected chi connectivity index (χ4v) is 5.55. The van der Waals surface area contributed by atoms with Gasteiger partial charge in [0.1, 0.15) is 18.0 Å². The van der Waals surface area contributed by atoms with Crippen LogP contribution in [0.25, 0.3) is 33.3 Å². The number of sulfone groups is 1. The molecule has 1 saturated heterocycles. The molecule has 1 N–H and O–H groups in total. The van der Waals surface area contributed by atoms with Gasteiger partial charge in [-0.3, -0.25) is 5.10 Å². The Bertz CT molecular complexity index is 1730. The highest BCUT2D eigenvalue weighted by atomic mass is 32.2. The first-order valence-corrected chi connectivity index (χ1v) is 14.1. The lowest BCUT2D eigenvalue weighted by Crippen LogP contribution is -2.47. The largest absolute Gasteiger partial charge is 0.368 e. The zero-order chi connectivity index (χ0) is 26.3. The summed E-state index contributed by atoms with van der Waals surface area (Å²) >= 11 is 0. The predicted molar refractivity (Wildman–Crippen MR) is 153 cm³/mol. The molecule has 0 unspecified atom stereocenters. The normalized spacial score (nSPS) is 13.9. The molecule has 0 spiro atoms. The third-order valence-corrected chi connectivity index (χ3v) is 8.00. The van der Waals surface area contributed by atoms with Crippen molar-refractivity contribution in [2.45, 2.75) is 12.3 Å². The molecule has 0 atom stereocenters. The summed E-state index contributed by atoms with van der Waals surface area (Å²) in [6, 6.07) is 19.5. The van der Waals surface area contributed by atoms with Crippen LogP contribution < -0.4 is 9.80 Å². The van der Waals surface area contributed by atoms with E-state index in [-0.39, 0.29) is 13.2 Å². The van der Waals surface area contributed by atoms with Crippen LogP contribution in [0.5, 0.6) is 0 Å². The van der Waals surface area contributed by atoms with Gasteiger partial charge in [0.05, 0.1) is 22.3 Å². The fourth-order valence-electron chi connectivity index (χ4n) is 4.89. The number of fused-ring (bicyclic) bond motifs is 1. The molecule has 39 heavy (non-hydrogen) atoms. The summed E-state index contributed by atoms with van der Waals surface area (Å²) in [5.74, 6) is 0.568. The number of benzene rings is 3. The highest BCUT2D eigenvalue weighted by molar-refractivity contribution is 7.90. The van der Waals surface area contributed by atoms with Crippen molar-refractivity contribution in [2.75, 3.05) is 42.2 Å². The van der Waals surface area contributed by atoms with E-state index in [2.05, 4.69) is 36.0 Å². The average Bonchev–Trinajstić information content (AvgIpc) is 3.43. The van der Waals surface area contributed by atoms with E-state index in [1.807, 2.05) is 18.2 Å². The number of anilines is 2. The Hall–Kier alpha value is -4.31. The van der Waals surface area contributed by atoms with E-state index in [0.29, 0.717) is 4.90 Å². The summed E-state index contributed by atoms with van der Waals surface area (Å²) in [5.41, 5.74) is 5.26. The van der Waals surface area contributed by atoms with Crippen LogP contribution in [0.3, 0.4) is 0 Å². The van der Waals surface area contributed by atoms with Crippen LogP contribution in [0.1, 0.15) is 7.43 Å². The van der Waals surface area contributed by atoms with Crippen molar-refractivity contribution in [3.05, 3.63) is 85.1 Å². The second-order valence-electron chi connectivity index (χ2n) is 9.34. The number of hydrogen-bond donors (Lipinski definition) is 1. The smallest absolute Gasteiger partial charge is 0.175 e. The second-order valence-corrected chi connectivity index (χ2v) is 11.4. The zero-order valence-corrected chi connectivity index (χ0v) is 21.5. The van der Waals surface area contributed by atoms with Crippen molar-refractivity contribution in [1.82, 2.24) is 20.2 Å². The number of hydrogen-bond acceptors (Lipinski definition) is 7. The monoisotopic (exact) mass is 544 g/mol. The van der Waals surface area contributed by atoms with E-state index >= 15 is 0 Å². The maximum atomic E-state index is 13.5. The van der Waals surface area contributed by atoms with Crippen LogP contribution in [-0.2, 0) is 9.84 Å². The minimum absolute atomic E-state index is 0. The van der Waals surface area contributed by atoms with Crippen LogP contribution >= 0.6 is 0 Å². The zero-order valence-electron chi connectivity index (χ0n) is 20.7. The number of nitrogens with zero attached hydrogens (tertiary/aromatic N) is 5. The standard InChI is InChI=1S/C28H25FN6O2S.CH4/c1-38(36,37)23-4-2-3-22(16-23)34-11-13-35(14-12-34)28-24-15-20(7-10-26(24)30-18-31-28)25-17-32-33-27(25)19-5-8-21(29)9-6-19;/h2-10,15-18H,11-14H2,1H3,(H,32,33);1H4. The molecule has 2 aromatic heterocycles. The Kier molecular flexibility index (Phi) is 7.05. The first-order valence-electron chi connectivity index (χ1n) is 12.2. The van der Waals surface area contributed by atoms with E-state index in [9.17, 15) is 12.8 Å². The van der Waals surface area contributed by atoms with Gasteiger partial charge in [-0.2, -0.15) is 5.10 Å². The van der Waals surface area contributed by atoms with Gasteiger partial charge in [-0.1, -0.05) is 19.6 Å². The summed E-state index contributed by atoms with van der Waals surface area (Å²) in [6.07, 6.45) is 4.58. The Morgan fingerprint density at radius 2 is 1.59 bits per heavy atom. The number of piperazine rings is 1. The molecule has 6 rings (SSSR count). The summed E-state index contributed by atoms with van der Waals surface area (Å²) < 4.78 is 37.5. The first-order chi connectivity index (χ1) is 18.4. The maximum Gasteiger partial charge on any atom is 0.175 e. The van der Waals surface area contributed by atoms with Crippen LogP contribution in [0.15, 0.2) is 84.1 Å². The SMILES string of the molecule is C.CS(=O)(=O)c1cccc(N2CCN(c3ncnc4ccc(-c5cn[nH]c5-c5ccc(F)cc5)cc34)CC2)c1. The van der Waals surface area contributed by atoms with Gasteiger partial charge >= 0.3 is 0 Å². The summed E-state index contributed by atoms with van der Waals surface area (Å²) in [5, 5.41) is 8.22. The molecule has 0 radical (unpaired) electrons. The summed E-state index contributed by atoms with van der Waals surface area (Å²) in [7, 11) is -3.27. The topological polar surface area (TPSA) is 95.1 Å². The lowest BCUT2D eigenvalue weighted by Gasteiger charge is -2.37. The van der Waals surface area contributed by atoms with Crippen molar-refractivity contribution >= 4 is 32.2 Å². The van der Waals surface area contributed by atoms with Crippen LogP contribution in [-0.4, -0.2) is 61.0 Å². The van der Waals surface area contributed by atoms with Gasteiger partial charge in [0, 0.05) is 54.6 Å². The first kappa shape index (κ1) is 26.3. The quantitative estimate of drug-likeness (QED) is 0.325. The number of aromatic nitrogens is 4. The Morgan fingerprint density at radius 1 is 0.872 bits per heavy atom. The Morgan fingerprint density at radius 3 is 2.33 bits per heavy atom. The molecule has 0 amide bonds. The van der Waals surface area contributed by atoms with Crippen molar-refractivity contribution in [3.8, 4) is 22.4 Å². The molecule has 1 aliphatic rings. The highest BCUT2D eigenvalue weighted by Crippen LogP contribution is 2.34. The molecule has 8 nitrogen and oxygen atoms in total. The number of rotatable bonds is 5. The lowest BCUT2D eigenvalue weighted by atomic mass is 10.00. The molecule has 1 fully saturated rings.